The standard InChI is InChI=1S/C16H21N5O6S2/c1-15(2)7(13(24)25)20-9(22)5(11(20)28-15)17-19-18-6-10(23)21-8(14(26)27)16(3,4)29-12(6)21/h5-8,11-12H,1-4H3,(H,17,18)(H,24,25)(H,26,27). The summed E-state index contributed by atoms with van der Waals surface area (Å²) in [5.41, 5.74) is 2.65. The third-order valence-electron chi connectivity index (χ3n) is 5.70. The molecule has 29 heavy (non-hydrogen) atoms. The fourth-order valence-corrected chi connectivity index (χ4v) is 7.61. The Bertz CT molecular complexity index is 848. The molecule has 4 heterocycles. The van der Waals surface area contributed by atoms with Crippen LogP contribution in [0.3, 0.4) is 0 Å². The Labute approximate surface area is 174 Å². The van der Waals surface area contributed by atoms with E-state index < -0.39 is 56.9 Å². The van der Waals surface area contributed by atoms with Crippen molar-refractivity contribution >= 4 is 47.3 Å². The molecule has 4 aliphatic rings. The molecule has 4 rings (SSSR count). The van der Waals surface area contributed by atoms with Crippen molar-refractivity contribution in [3.63, 3.8) is 0 Å². The Morgan fingerprint density at radius 2 is 1.41 bits per heavy atom. The summed E-state index contributed by atoms with van der Waals surface area (Å²) in [5, 5.41) is 25.9. The first-order valence-corrected chi connectivity index (χ1v) is 10.8. The van der Waals surface area contributed by atoms with Crippen LogP contribution in [-0.4, -0.2) is 88.2 Å². The van der Waals surface area contributed by atoms with Crippen LogP contribution < -0.4 is 5.43 Å². The maximum Gasteiger partial charge on any atom is 0.327 e. The van der Waals surface area contributed by atoms with Crippen molar-refractivity contribution in [2.75, 3.05) is 0 Å². The highest BCUT2D eigenvalue weighted by molar-refractivity contribution is 8.02. The number of fused-ring (bicyclic) bond motifs is 2. The summed E-state index contributed by atoms with van der Waals surface area (Å²) >= 11 is 2.74. The van der Waals surface area contributed by atoms with Gasteiger partial charge in [-0.25, -0.2) is 9.59 Å². The molecule has 0 aromatic rings. The second-order valence-electron chi connectivity index (χ2n) is 8.46. The molecule has 0 saturated carbocycles. The van der Waals surface area contributed by atoms with Gasteiger partial charge >= 0.3 is 11.9 Å². The Balaban J connectivity index is 1.41. The van der Waals surface area contributed by atoms with E-state index >= 15 is 0 Å². The highest BCUT2D eigenvalue weighted by Gasteiger charge is 2.65. The summed E-state index contributed by atoms with van der Waals surface area (Å²) in [6, 6.07) is -3.34. The van der Waals surface area contributed by atoms with E-state index in [2.05, 4.69) is 15.8 Å². The number of carbonyl (C=O) groups excluding carboxylic acids is 2. The molecule has 0 aromatic carbocycles. The molecule has 4 fully saturated rings. The first-order valence-electron chi connectivity index (χ1n) is 8.99. The summed E-state index contributed by atoms with van der Waals surface area (Å²) in [6.45, 7) is 7.10. The maximum atomic E-state index is 12.4. The number of hydrogen-bond donors (Lipinski definition) is 3. The van der Waals surface area contributed by atoms with E-state index in [1.165, 1.54) is 33.3 Å². The minimum absolute atomic E-state index is 0.372. The maximum absolute atomic E-state index is 12.4. The van der Waals surface area contributed by atoms with Crippen molar-refractivity contribution in [2.45, 2.75) is 72.1 Å². The topological polar surface area (TPSA) is 152 Å². The lowest BCUT2D eigenvalue weighted by atomic mass is 9.96. The van der Waals surface area contributed by atoms with Crippen LogP contribution in [0.25, 0.3) is 0 Å². The Morgan fingerprint density at radius 1 is 0.931 bits per heavy atom. The Kier molecular flexibility index (Phi) is 4.36. The van der Waals surface area contributed by atoms with Crippen molar-refractivity contribution < 1.29 is 29.4 Å². The molecule has 4 saturated heterocycles. The van der Waals surface area contributed by atoms with Crippen LogP contribution in [0.5, 0.6) is 0 Å². The molecule has 0 radical (unpaired) electrons. The zero-order valence-electron chi connectivity index (χ0n) is 16.1. The van der Waals surface area contributed by atoms with Crippen molar-refractivity contribution in [1.82, 2.24) is 15.2 Å². The lowest BCUT2D eigenvalue weighted by molar-refractivity contribution is -0.160. The molecule has 158 valence electrons. The molecule has 2 amide bonds. The molecule has 4 aliphatic heterocycles. The molecular weight excluding hydrogens is 422 g/mol. The minimum atomic E-state index is -1.05. The third-order valence-corrected chi connectivity index (χ3v) is 8.83. The predicted molar refractivity (Wildman–Crippen MR) is 103 cm³/mol. The van der Waals surface area contributed by atoms with Crippen LogP contribution in [0.1, 0.15) is 27.7 Å². The number of carbonyl (C=O) groups is 4. The van der Waals surface area contributed by atoms with Gasteiger partial charge in [-0.2, -0.15) is 5.11 Å². The summed E-state index contributed by atoms with van der Waals surface area (Å²) in [5.74, 6) is -2.88. The summed E-state index contributed by atoms with van der Waals surface area (Å²) in [6.07, 6.45) is 0. The van der Waals surface area contributed by atoms with Crippen LogP contribution in [-0.2, 0) is 19.2 Å². The van der Waals surface area contributed by atoms with E-state index in [9.17, 15) is 29.4 Å². The van der Waals surface area contributed by atoms with Gasteiger partial charge in [-0.15, -0.1) is 23.5 Å². The summed E-state index contributed by atoms with van der Waals surface area (Å²) in [4.78, 5) is 50.5. The molecule has 6 atom stereocenters. The van der Waals surface area contributed by atoms with Gasteiger partial charge in [-0.1, -0.05) is 5.22 Å². The average Bonchev–Trinajstić information content (AvgIpc) is 3.00. The number of carboxylic acids is 2. The van der Waals surface area contributed by atoms with Gasteiger partial charge in [0.25, 0.3) is 11.8 Å². The van der Waals surface area contributed by atoms with Gasteiger partial charge in [0.1, 0.15) is 22.8 Å². The fraction of sp³-hybridized carbons (Fsp3) is 0.750. The van der Waals surface area contributed by atoms with Crippen molar-refractivity contribution in [1.29, 1.82) is 0 Å². The molecule has 0 aliphatic carbocycles. The summed E-state index contributed by atoms with van der Waals surface area (Å²) in [7, 11) is 0. The normalized spacial score (nSPS) is 39.0. The SMILES string of the molecule is CC1(C)SC2C(N=NNC3C(=O)N4C3SC(C)(C)C4C(=O)O)C(=O)N2C1C(=O)O. The number of carboxylic acid groups (broad SMARTS) is 2. The lowest BCUT2D eigenvalue weighted by Crippen LogP contribution is -2.69. The van der Waals surface area contributed by atoms with E-state index in [1.807, 2.05) is 0 Å². The highest BCUT2D eigenvalue weighted by atomic mass is 32.2. The number of nitrogens with zero attached hydrogens (tertiary/aromatic N) is 4. The van der Waals surface area contributed by atoms with Gasteiger partial charge in [0.15, 0.2) is 12.1 Å². The van der Waals surface area contributed by atoms with Crippen LogP contribution >= 0.6 is 23.5 Å². The number of nitrogens with one attached hydrogen (secondary N) is 1. The summed E-state index contributed by atoms with van der Waals surface area (Å²) < 4.78 is -1.28. The van der Waals surface area contributed by atoms with Crippen LogP contribution in [0.15, 0.2) is 10.3 Å². The molecule has 6 unspecified atom stereocenters. The minimum Gasteiger partial charge on any atom is -0.480 e. The first kappa shape index (κ1) is 20.3. The predicted octanol–water partition coefficient (Wildman–Crippen LogP) is -0.0258. The van der Waals surface area contributed by atoms with E-state index in [0.717, 1.165) is 0 Å². The first-order chi connectivity index (χ1) is 13.4. The van der Waals surface area contributed by atoms with E-state index in [0.29, 0.717) is 0 Å². The molecule has 0 aromatic heterocycles. The number of rotatable bonds is 5. The van der Waals surface area contributed by atoms with Gasteiger partial charge in [0, 0.05) is 9.49 Å². The third kappa shape index (κ3) is 2.73. The number of amides is 2. The van der Waals surface area contributed by atoms with Gasteiger partial charge < -0.3 is 20.0 Å². The van der Waals surface area contributed by atoms with Gasteiger partial charge in [-0.3, -0.25) is 15.0 Å². The molecular formula is C16H21N5O6S2. The Hall–Kier alpha value is -2.02. The fourth-order valence-electron chi connectivity index (χ4n) is 4.39. The zero-order valence-corrected chi connectivity index (χ0v) is 17.7. The molecule has 0 bridgehead atoms. The van der Waals surface area contributed by atoms with Crippen molar-refractivity contribution in [3.05, 3.63) is 0 Å². The van der Waals surface area contributed by atoms with Crippen LogP contribution in [0.4, 0.5) is 0 Å². The van der Waals surface area contributed by atoms with Crippen LogP contribution in [0.2, 0.25) is 0 Å². The van der Waals surface area contributed by atoms with Gasteiger partial charge in [-0.05, 0) is 27.7 Å². The molecule has 3 N–H and O–H groups in total. The van der Waals surface area contributed by atoms with E-state index in [1.54, 1.807) is 27.7 Å². The number of thioether (sulfide) groups is 2. The zero-order chi connectivity index (χ0) is 21.5. The van der Waals surface area contributed by atoms with E-state index in [4.69, 9.17) is 0 Å². The molecule has 11 nitrogen and oxygen atoms in total. The average molecular weight is 444 g/mol. The highest BCUT2D eigenvalue weighted by Crippen LogP contribution is 2.52. The monoisotopic (exact) mass is 443 g/mol. The van der Waals surface area contributed by atoms with E-state index in [-0.39, 0.29) is 11.3 Å². The quantitative estimate of drug-likeness (QED) is 0.302. The lowest BCUT2D eigenvalue weighted by Gasteiger charge is -2.43. The number of hydrogen-bond acceptors (Lipinski definition) is 8. The van der Waals surface area contributed by atoms with Crippen molar-refractivity contribution in [2.24, 2.45) is 10.3 Å². The molecule has 13 heteroatoms. The van der Waals surface area contributed by atoms with Crippen molar-refractivity contribution in [3.8, 4) is 0 Å². The largest absolute Gasteiger partial charge is 0.480 e. The van der Waals surface area contributed by atoms with Crippen LogP contribution in [0, 0.1) is 0 Å². The number of aliphatic carboxylic acids is 2. The number of β-lactam (4-membered cyclic amide) rings is 2. The van der Waals surface area contributed by atoms with Gasteiger partial charge in [0.05, 0.1) is 0 Å². The second kappa shape index (κ2) is 6.24. The Morgan fingerprint density at radius 3 is 1.93 bits per heavy atom. The smallest absolute Gasteiger partial charge is 0.327 e. The second-order valence-corrected chi connectivity index (χ2v) is 12.0. The molecule has 0 spiro atoms. The van der Waals surface area contributed by atoms with Gasteiger partial charge in [0.2, 0.25) is 0 Å².